The molecule has 3 aromatic rings. The lowest BCUT2D eigenvalue weighted by Gasteiger charge is -2.24. The highest BCUT2D eigenvalue weighted by atomic mass is 15.1. The Bertz CT molecular complexity index is 718. The van der Waals surface area contributed by atoms with Crippen LogP contribution in [0.1, 0.15) is 32.2 Å². The third-order valence-electron chi connectivity index (χ3n) is 3.51. The molecule has 1 heterocycles. The maximum atomic E-state index is 4.84. The standard InChI is InChI=1S/C18H20N2/c1-18(2,3)20-16-12-8-7-11-15(16)19-17(20)13-14-9-5-4-6-10-14/h4-12H,13H2,1-3H3. The number of benzene rings is 2. The second kappa shape index (κ2) is 4.78. The summed E-state index contributed by atoms with van der Waals surface area (Å²) in [6.45, 7) is 6.70. The van der Waals surface area contributed by atoms with E-state index >= 15 is 0 Å². The molecule has 20 heavy (non-hydrogen) atoms. The van der Waals surface area contributed by atoms with E-state index in [1.54, 1.807) is 0 Å². The normalized spacial score (nSPS) is 11.9. The fraction of sp³-hybridized carbons (Fsp3) is 0.278. The van der Waals surface area contributed by atoms with Crippen LogP contribution in [-0.2, 0) is 12.0 Å². The van der Waals surface area contributed by atoms with Gasteiger partial charge in [-0.15, -0.1) is 0 Å². The van der Waals surface area contributed by atoms with Crippen LogP contribution in [0.4, 0.5) is 0 Å². The van der Waals surface area contributed by atoms with Crippen molar-refractivity contribution in [3.05, 3.63) is 66.0 Å². The van der Waals surface area contributed by atoms with E-state index in [-0.39, 0.29) is 5.54 Å². The SMILES string of the molecule is CC(C)(C)n1c(Cc2ccccc2)nc2ccccc21. The lowest BCUT2D eigenvalue weighted by Crippen LogP contribution is -2.24. The van der Waals surface area contributed by atoms with E-state index in [9.17, 15) is 0 Å². The fourth-order valence-electron chi connectivity index (χ4n) is 2.72. The van der Waals surface area contributed by atoms with Gasteiger partial charge in [0.2, 0.25) is 0 Å². The molecule has 0 fully saturated rings. The first kappa shape index (κ1) is 12.9. The van der Waals surface area contributed by atoms with Crippen molar-refractivity contribution in [1.29, 1.82) is 0 Å². The molecule has 0 aliphatic heterocycles. The molecule has 0 amide bonds. The zero-order valence-electron chi connectivity index (χ0n) is 12.3. The van der Waals surface area contributed by atoms with Crippen LogP contribution in [0.3, 0.4) is 0 Å². The number of rotatable bonds is 2. The van der Waals surface area contributed by atoms with E-state index in [1.807, 2.05) is 0 Å². The van der Waals surface area contributed by atoms with Crippen LogP contribution >= 0.6 is 0 Å². The molecular weight excluding hydrogens is 244 g/mol. The van der Waals surface area contributed by atoms with Crippen LogP contribution in [0, 0.1) is 0 Å². The second-order valence-corrected chi connectivity index (χ2v) is 6.19. The highest BCUT2D eigenvalue weighted by Crippen LogP contribution is 2.26. The molecule has 0 bridgehead atoms. The van der Waals surface area contributed by atoms with Gasteiger partial charge in [0, 0.05) is 12.0 Å². The fourth-order valence-corrected chi connectivity index (χ4v) is 2.72. The van der Waals surface area contributed by atoms with E-state index in [2.05, 4.69) is 79.9 Å². The van der Waals surface area contributed by atoms with Gasteiger partial charge in [-0.3, -0.25) is 0 Å². The molecule has 102 valence electrons. The predicted octanol–water partition coefficient (Wildman–Crippen LogP) is 4.38. The zero-order valence-corrected chi connectivity index (χ0v) is 12.3. The van der Waals surface area contributed by atoms with Crippen molar-refractivity contribution < 1.29 is 0 Å². The Morgan fingerprint density at radius 3 is 2.25 bits per heavy atom. The first-order chi connectivity index (χ1) is 9.55. The second-order valence-electron chi connectivity index (χ2n) is 6.19. The third-order valence-corrected chi connectivity index (χ3v) is 3.51. The summed E-state index contributed by atoms with van der Waals surface area (Å²) in [4.78, 5) is 4.84. The zero-order chi connectivity index (χ0) is 14.2. The van der Waals surface area contributed by atoms with Crippen molar-refractivity contribution in [2.24, 2.45) is 0 Å². The molecule has 0 saturated carbocycles. The van der Waals surface area contributed by atoms with Gasteiger partial charge in [0.1, 0.15) is 5.82 Å². The first-order valence-electron chi connectivity index (χ1n) is 7.06. The van der Waals surface area contributed by atoms with Crippen molar-refractivity contribution in [3.8, 4) is 0 Å². The van der Waals surface area contributed by atoms with Crippen molar-refractivity contribution in [2.75, 3.05) is 0 Å². The molecule has 0 saturated heterocycles. The maximum Gasteiger partial charge on any atom is 0.114 e. The summed E-state index contributed by atoms with van der Waals surface area (Å²) in [5, 5.41) is 0. The van der Waals surface area contributed by atoms with Gasteiger partial charge in [-0.2, -0.15) is 0 Å². The Kier molecular flexibility index (Phi) is 3.09. The molecule has 2 nitrogen and oxygen atoms in total. The number of nitrogens with zero attached hydrogens (tertiary/aromatic N) is 2. The lowest BCUT2D eigenvalue weighted by atomic mass is 10.1. The number of hydrogen-bond donors (Lipinski definition) is 0. The van der Waals surface area contributed by atoms with Gasteiger partial charge in [0.25, 0.3) is 0 Å². The molecule has 2 aromatic carbocycles. The van der Waals surface area contributed by atoms with E-state index in [0.717, 1.165) is 17.8 Å². The van der Waals surface area contributed by atoms with E-state index in [1.165, 1.54) is 11.1 Å². The topological polar surface area (TPSA) is 17.8 Å². The molecule has 1 aromatic heterocycles. The Morgan fingerprint density at radius 1 is 0.900 bits per heavy atom. The number of hydrogen-bond acceptors (Lipinski definition) is 1. The van der Waals surface area contributed by atoms with Gasteiger partial charge >= 0.3 is 0 Å². The van der Waals surface area contributed by atoms with Gasteiger partial charge in [-0.05, 0) is 38.5 Å². The van der Waals surface area contributed by atoms with Crippen molar-refractivity contribution in [2.45, 2.75) is 32.7 Å². The average Bonchev–Trinajstić information content (AvgIpc) is 2.77. The minimum absolute atomic E-state index is 0.0280. The largest absolute Gasteiger partial charge is 0.322 e. The Balaban J connectivity index is 2.15. The molecule has 0 aliphatic rings. The van der Waals surface area contributed by atoms with Gasteiger partial charge in [0.05, 0.1) is 11.0 Å². The Morgan fingerprint density at radius 2 is 1.55 bits per heavy atom. The minimum Gasteiger partial charge on any atom is -0.322 e. The highest BCUT2D eigenvalue weighted by molar-refractivity contribution is 5.76. The quantitative estimate of drug-likeness (QED) is 0.671. The summed E-state index contributed by atoms with van der Waals surface area (Å²) in [6.07, 6.45) is 0.868. The van der Waals surface area contributed by atoms with Gasteiger partial charge < -0.3 is 4.57 Å². The molecule has 0 unspecified atom stereocenters. The van der Waals surface area contributed by atoms with Crippen molar-refractivity contribution >= 4 is 11.0 Å². The molecule has 0 radical (unpaired) electrons. The maximum absolute atomic E-state index is 4.84. The number of aromatic nitrogens is 2. The summed E-state index contributed by atoms with van der Waals surface area (Å²) in [5.74, 6) is 1.13. The van der Waals surface area contributed by atoms with Crippen LogP contribution < -0.4 is 0 Å². The Labute approximate surface area is 120 Å². The Hall–Kier alpha value is -2.09. The summed E-state index contributed by atoms with van der Waals surface area (Å²) in [5.41, 5.74) is 3.62. The van der Waals surface area contributed by atoms with Gasteiger partial charge in [-0.1, -0.05) is 42.5 Å². The van der Waals surface area contributed by atoms with E-state index in [0.29, 0.717) is 0 Å². The summed E-state index contributed by atoms with van der Waals surface area (Å²) < 4.78 is 2.36. The predicted molar refractivity (Wildman–Crippen MR) is 84.0 cm³/mol. The molecule has 0 spiro atoms. The molecule has 0 atom stereocenters. The van der Waals surface area contributed by atoms with Crippen LogP contribution in [0.5, 0.6) is 0 Å². The third kappa shape index (κ3) is 2.34. The molecule has 0 N–H and O–H groups in total. The van der Waals surface area contributed by atoms with Crippen molar-refractivity contribution in [3.63, 3.8) is 0 Å². The lowest BCUT2D eigenvalue weighted by molar-refractivity contribution is 0.396. The first-order valence-corrected chi connectivity index (χ1v) is 7.06. The number of imidazole rings is 1. The van der Waals surface area contributed by atoms with Crippen molar-refractivity contribution in [1.82, 2.24) is 9.55 Å². The van der Waals surface area contributed by atoms with Crippen LogP contribution in [0.25, 0.3) is 11.0 Å². The average molecular weight is 264 g/mol. The van der Waals surface area contributed by atoms with E-state index in [4.69, 9.17) is 4.98 Å². The number of fused-ring (bicyclic) bond motifs is 1. The van der Waals surface area contributed by atoms with Crippen LogP contribution in [0.15, 0.2) is 54.6 Å². The molecular formula is C18H20N2. The summed E-state index contributed by atoms with van der Waals surface area (Å²) in [6, 6.07) is 18.9. The summed E-state index contributed by atoms with van der Waals surface area (Å²) in [7, 11) is 0. The minimum atomic E-state index is 0.0280. The summed E-state index contributed by atoms with van der Waals surface area (Å²) >= 11 is 0. The molecule has 0 aliphatic carbocycles. The van der Waals surface area contributed by atoms with E-state index < -0.39 is 0 Å². The molecule has 2 heteroatoms. The monoisotopic (exact) mass is 264 g/mol. The van der Waals surface area contributed by atoms with Gasteiger partial charge in [0.15, 0.2) is 0 Å². The smallest absolute Gasteiger partial charge is 0.114 e. The molecule has 3 rings (SSSR count). The highest BCUT2D eigenvalue weighted by Gasteiger charge is 2.21. The number of para-hydroxylation sites is 2. The van der Waals surface area contributed by atoms with Crippen LogP contribution in [0.2, 0.25) is 0 Å². The van der Waals surface area contributed by atoms with Crippen LogP contribution in [-0.4, -0.2) is 9.55 Å². The van der Waals surface area contributed by atoms with Gasteiger partial charge in [-0.25, -0.2) is 4.98 Å².